The molecule has 9 nitrogen and oxygen atoms in total. The van der Waals surface area contributed by atoms with E-state index in [-0.39, 0.29) is 12.3 Å². The highest BCUT2D eigenvalue weighted by Crippen LogP contribution is 2.27. The first-order valence-electron chi connectivity index (χ1n) is 12.2. The number of rotatable bonds is 10. The van der Waals surface area contributed by atoms with Gasteiger partial charge in [-0.2, -0.15) is 5.10 Å². The minimum absolute atomic E-state index is 0.276. The Morgan fingerprint density at radius 2 is 1.54 bits per heavy atom. The molecule has 0 saturated carbocycles. The predicted molar refractivity (Wildman–Crippen MR) is 148 cm³/mol. The second-order valence-corrected chi connectivity index (χ2v) is 8.25. The van der Waals surface area contributed by atoms with Crippen LogP contribution in [0.25, 0.3) is 10.8 Å². The third-order valence-electron chi connectivity index (χ3n) is 5.68. The Morgan fingerprint density at radius 3 is 2.26 bits per heavy atom. The van der Waals surface area contributed by atoms with Gasteiger partial charge in [-0.15, -0.1) is 0 Å². The number of hydrogen-bond acceptors (Lipinski definition) is 7. The van der Waals surface area contributed by atoms with Crippen molar-refractivity contribution in [3.05, 3.63) is 102 Å². The number of amides is 2. The Hall–Kier alpha value is -5.18. The molecule has 39 heavy (non-hydrogen) atoms. The first-order valence-corrected chi connectivity index (χ1v) is 12.2. The molecule has 0 aliphatic carbocycles. The van der Waals surface area contributed by atoms with Crippen LogP contribution in [0.1, 0.15) is 33.2 Å². The third kappa shape index (κ3) is 6.98. The molecule has 0 aromatic heterocycles. The fourth-order valence-corrected chi connectivity index (χ4v) is 3.72. The van der Waals surface area contributed by atoms with Crippen LogP contribution in [0.5, 0.6) is 17.2 Å². The van der Waals surface area contributed by atoms with Crippen molar-refractivity contribution in [2.24, 2.45) is 5.10 Å². The number of nitrogens with one attached hydrogen (secondary N) is 2. The number of benzene rings is 4. The number of ether oxygens (including phenoxy) is 3. The van der Waals surface area contributed by atoms with Crippen molar-refractivity contribution in [2.45, 2.75) is 6.92 Å². The molecule has 0 aliphatic rings. The molecular weight excluding hydrogens is 498 g/mol. The van der Waals surface area contributed by atoms with Gasteiger partial charge in [0.1, 0.15) is 17.2 Å². The van der Waals surface area contributed by atoms with E-state index >= 15 is 0 Å². The lowest BCUT2D eigenvalue weighted by Crippen LogP contribution is -2.34. The molecule has 4 aromatic rings. The maximum absolute atomic E-state index is 12.8. The van der Waals surface area contributed by atoms with Crippen LogP contribution in [0, 0.1) is 0 Å². The molecule has 2 amide bonds. The number of carbonyl (C=O) groups excluding carboxylic acids is 3. The maximum atomic E-state index is 12.8. The van der Waals surface area contributed by atoms with E-state index in [1.807, 2.05) is 37.3 Å². The van der Waals surface area contributed by atoms with E-state index in [9.17, 15) is 14.4 Å². The van der Waals surface area contributed by atoms with Crippen molar-refractivity contribution in [3.63, 3.8) is 0 Å². The van der Waals surface area contributed by atoms with E-state index in [2.05, 4.69) is 15.8 Å². The van der Waals surface area contributed by atoms with E-state index in [1.165, 1.54) is 13.3 Å². The zero-order chi connectivity index (χ0) is 27.6. The lowest BCUT2D eigenvalue weighted by molar-refractivity contribution is -0.120. The molecule has 0 radical (unpaired) electrons. The molecule has 0 saturated heterocycles. The van der Waals surface area contributed by atoms with Crippen molar-refractivity contribution in [2.75, 3.05) is 20.3 Å². The number of methoxy groups -OCH3 is 1. The van der Waals surface area contributed by atoms with E-state index in [0.29, 0.717) is 34.8 Å². The highest BCUT2D eigenvalue weighted by Gasteiger charge is 2.14. The Kier molecular flexibility index (Phi) is 8.87. The zero-order valence-electron chi connectivity index (χ0n) is 21.5. The fourth-order valence-electron chi connectivity index (χ4n) is 3.72. The lowest BCUT2D eigenvalue weighted by atomic mass is 10.0. The largest absolute Gasteiger partial charge is 0.497 e. The van der Waals surface area contributed by atoms with Gasteiger partial charge in [0.2, 0.25) is 0 Å². The average molecular weight is 526 g/mol. The van der Waals surface area contributed by atoms with E-state index in [4.69, 9.17) is 14.2 Å². The molecule has 2 N–H and O–H groups in total. The number of hydrazone groups is 1. The monoisotopic (exact) mass is 525 g/mol. The Bertz CT molecular complexity index is 1500. The van der Waals surface area contributed by atoms with Gasteiger partial charge in [0.05, 0.1) is 32.0 Å². The predicted octanol–water partition coefficient (Wildman–Crippen LogP) is 4.35. The first kappa shape index (κ1) is 26.9. The van der Waals surface area contributed by atoms with Crippen LogP contribution < -0.4 is 25.0 Å². The molecule has 0 unspecified atom stereocenters. The van der Waals surface area contributed by atoms with Crippen LogP contribution in [-0.4, -0.2) is 44.3 Å². The zero-order valence-corrected chi connectivity index (χ0v) is 21.5. The molecule has 0 aliphatic heterocycles. The van der Waals surface area contributed by atoms with Gasteiger partial charge in [-0.3, -0.25) is 9.59 Å². The van der Waals surface area contributed by atoms with Crippen molar-refractivity contribution >= 4 is 34.8 Å². The molecule has 0 fully saturated rings. The summed E-state index contributed by atoms with van der Waals surface area (Å²) in [5.41, 5.74) is 3.65. The second kappa shape index (κ2) is 12.9. The second-order valence-electron chi connectivity index (χ2n) is 8.25. The van der Waals surface area contributed by atoms with Crippen molar-refractivity contribution in [1.82, 2.24) is 10.7 Å². The van der Waals surface area contributed by atoms with E-state index < -0.39 is 17.8 Å². The van der Waals surface area contributed by atoms with Gasteiger partial charge in [0, 0.05) is 11.1 Å². The summed E-state index contributed by atoms with van der Waals surface area (Å²) < 4.78 is 16.2. The minimum atomic E-state index is -0.548. The summed E-state index contributed by atoms with van der Waals surface area (Å²) in [7, 11) is 1.53. The Morgan fingerprint density at radius 1 is 0.846 bits per heavy atom. The molecule has 198 valence electrons. The molecule has 0 spiro atoms. The van der Waals surface area contributed by atoms with Crippen LogP contribution in [0.2, 0.25) is 0 Å². The van der Waals surface area contributed by atoms with E-state index in [1.54, 1.807) is 54.6 Å². The molecule has 0 heterocycles. The van der Waals surface area contributed by atoms with Crippen LogP contribution in [0.3, 0.4) is 0 Å². The summed E-state index contributed by atoms with van der Waals surface area (Å²) in [5, 5.41) is 8.25. The molecule has 4 rings (SSSR count). The number of nitrogens with zero attached hydrogens (tertiary/aromatic N) is 1. The van der Waals surface area contributed by atoms with Crippen LogP contribution in [-0.2, 0) is 4.79 Å². The summed E-state index contributed by atoms with van der Waals surface area (Å²) in [6.45, 7) is 2.12. The summed E-state index contributed by atoms with van der Waals surface area (Å²) in [5.74, 6) is 0.0716. The normalized spacial score (nSPS) is 10.7. The first-order chi connectivity index (χ1) is 19.0. The standard InChI is InChI=1S/C30H27N3O6/c1-3-38-24-15-10-22(11-16-24)30(36)39-27-17-12-20-6-4-5-7-25(20)26(27)18-32-33-28(34)19-31-29(35)21-8-13-23(37-2)14-9-21/h4-18H,3,19H2,1-2H3,(H,31,35)(H,33,34)/b32-18+. The molecule has 0 bridgehead atoms. The van der Waals surface area contributed by atoms with Crippen LogP contribution in [0.15, 0.2) is 90.0 Å². The summed E-state index contributed by atoms with van der Waals surface area (Å²) in [4.78, 5) is 37.4. The molecule has 4 aromatic carbocycles. The van der Waals surface area contributed by atoms with Crippen LogP contribution in [0.4, 0.5) is 0 Å². The van der Waals surface area contributed by atoms with Gasteiger partial charge in [-0.25, -0.2) is 10.2 Å². The number of fused-ring (bicyclic) bond motifs is 1. The Labute approximate surface area is 225 Å². The van der Waals surface area contributed by atoms with Gasteiger partial charge < -0.3 is 19.5 Å². The topological polar surface area (TPSA) is 115 Å². The summed E-state index contributed by atoms with van der Waals surface area (Å²) in [6.07, 6.45) is 1.41. The average Bonchev–Trinajstić information content (AvgIpc) is 2.97. The summed E-state index contributed by atoms with van der Waals surface area (Å²) in [6, 6.07) is 24.2. The molecule has 9 heteroatoms. The van der Waals surface area contributed by atoms with Gasteiger partial charge in [0.25, 0.3) is 11.8 Å². The quantitative estimate of drug-likeness (QED) is 0.138. The Balaban J connectivity index is 1.44. The number of esters is 1. The number of carbonyl (C=O) groups is 3. The maximum Gasteiger partial charge on any atom is 0.343 e. The SMILES string of the molecule is CCOc1ccc(C(=O)Oc2ccc3ccccc3c2/C=N/NC(=O)CNC(=O)c2ccc(OC)cc2)cc1. The summed E-state index contributed by atoms with van der Waals surface area (Å²) >= 11 is 0. The molecule has 0 atom stereocenters. The van der Waals surface area contributed by atoms with E-state index in [0.717, 1.165) is 10.8 Å². The highest BCUT2D eigenvalue weighted by atomic mass is 16.5. The lowest BCUT2D eigenvalue weighted by Gasteiger charge is -2.11. The van der Waals surface area contributed by atoms with Crippen molar-refractivity contribution < 1.29 is 28.6 Å². The third-order valence-corrected chi connectivity index (χ3v) is 5.68. The van der Waals surface area contributed by atoms with Gasteiger partial charge in [0.15, 0.2) is 0 Å². The van der Waals surface area contributed by atoms with Crippen molar-refractivity contribution in [1.29, 1.82) is 0 Å². The minimum Gasteiger partial charge on any atom is -0.497 e. The number of hydrogen-bond donors (Lipinski definition) is 2. The van der Waals surface area contributed by atoms with Gasteiger partial charge >= 0.3 is 5.97 Å². The smallest absolute Gasteiger partial charge is 0.343 e. The van der Waals surface area contributed by atoms with Crippen LogP contribution >= 0.6 is 0 Å². The highest BCUT2D eigenvalue weighted by molar-refractivity contribution is 6.04. The fraction of sp³-hybridized carbons (Fsp3) is 0.133. The van der Waals surface area contributed by atoms with Crippen molar-refractivity contribution in [3.8, 4) is 17.2 Å². The van der Waals surface area contributed by atoms with Gasteiger partial charge in [-0.1, -0.05) is 30.3 Å². The van der Waals surface area contributed by atoms with Gasteiger partial charge in [-0.05, 0) is 72.3 Å². The molecular formula is C30H27N3O6.